The largest absolute Gasteiger partial charge is 0.397 e. The summed E-state index contributed by atoms with van der Waals surface area (Å²) >= 11 is 0. The van der Waals surface area contributed by atoms with Crippen LogP contribution in [0.15, 0.2) is 24.3 Å². The van der Waals surface area contributed by atoms with E-state index in [0.29, 0.717) is 28.5 Å². The number of nitrogen functional groups attached to an aromatic ring is 1. The lowest BCUT2D eigenvalue weighted by Crippen LogP contribution is -2.66. The van der Waals surface area contributed by atoms with Gasteiger partial charge in [-0.3, -0.25) is 4.90 Å². The molecule has 4 saturated carbocycles. The predicted octanol–water partition coefficient (Wildman–Crippen LogP) is 5.04. The summed E-state index contributed by atoms with van der Waals surface area (Å²) in [7, 11) is 0. The van der Waals surface area contributed by atoms with Crippen molar-refractivity contribution in [2.24, 2.45) is 16.7 Å². The van der Waals surface area contributed by atoms with E-state index in [9.17, 15) is 0 Å². The van der Waals surface area contributed by atoms with Crippen LogP contribution in [-0.4, -0.2) is 28.6 Å². The summed E-state index contributed by atoms with van der Waals surface area (Å²) in [5.41, 5.74) is 9.96. The zero-order valence-corrected chi connectivity index (χ0v) is 17.0. The lowest BCUT2D eigenvalue weighted by atomic mass is 9.42. The SMILES string of the molecule is CC12CC3CC(C)(C1)CC(N1C4CC[C@H]1C[C@H]4Nc1ccccc1N)(C3)C2. The van der Waals surface area contributed by atoms with Crippen LogP contribution < -0.4 is 11.1 Å². The maximum absolute atomic E-state index is 6.24. The molecular formula is C24H35N3. The molecule has 2 saturated heterocycles. The van der Waals surface area contributed by atoms with Crippen molar-refractivity contribution in [3.63, 3.8) is 0 Å². The molecule has 27 heavy (non-hydrogen) atoms. The molecule has 1 aromatic carbocycles. The van der Waals surface area contributed by atoms with Gasteiger partial charge in [-0.25, -0.2) is 0 Å². The summed E-state index contributed by atoms with van der Waals surface area (Å²) in [4.78, 5) is 3.07. The van der Waals surface area contributed by atoms with Crippen molar-refractivity contribution in [1.82, 2.24) is 4.90 Å². The molecule has 0 aromatic heterocycles. The molecule has 7 rings (SSSR count). The summed E-state index contributed by atoms with van der Waals surface area (Å²) in [6.45, 7) is 5.23. The lowest BCUT2D eigenvalue weighted by Gasteiger charge is -2.68. The standard InChI is InChI=1S/C24H35N3/c1-22-10-16-11-23(2,13-22)15-24(12-16,14-22)27-17-7-8-21(27)20(9-17)26-19-6-4-3-5-18(19)25/h3-6,16-17,20-21,26H,7-15,25H2,1-2H3/t16?,17-,20+,21?,22?,23?,24?/m0/s1. The Morgan fingerprint density at radius 2 is 1.74 bits per heavy atom. The average Bonchev–Trinajstić information content (AvgIpc) is 3.12. The first kappa shape index (κ1) is 16.7. The molecule has 2 aliphatic heterocycles. The van der Waals surface area contributed by atoms with E-state index in [4.69, 9.17) is 5.73 Å². The van der Waals surface area contributed by atoms with Gasteiger partial charge in [-0.05, 0) is 86.7 Å². The molecule has 146 valence electrons. The minimum absolute atomic E-state index is 0.493. The molecule has 0 spiro atoms. The molecule has 3 unspecified atom stereocenters. The third-order valence-electron chi connectivity index (χ3n) is 8.98. The van der Waals surface area contributed by atoms with Crippen molar-refractivity contribution in [2.75, 3.05) is 11.1 Å². The third-order valence-corrected chi connectivity index (χ3v) is 8.98. The summed E-state index contributed by atoms with van der Waals surface area (Å²) in [5.74, 6) is 0.979. The minimum atomic E-state index is 0.493. The quantitative estimate of drug-likeness (QED) is 0.738. The first-order chi connectivity index (χ1) is 12.9. The third kappa shape index (κ3) is 2.36. The summed E-state index contributed by atoms with van der Waals surface area (Å²) in [6.07, 6.45) is 12.9. The Bertz CT molecular complexity index is 755. The fraction of sp³-hybridized carbons (Fsp3) is 0.750. The number of fused-ring (bicyclic) bond motifs is 2. The van der Waals surface area contributed by atoms with Crippen LogP contribution in [0.4, 0.5) is 11.4 Å². The van der Waals surface area contributed by atoms with Gasteiger partial charge in [0.25, 0.3) is 0 Å². The molecule has 0 radical (unpaired) electrons. The smallest absolute Gasteiger partial charge is 0.0576 e. The van der Waals surface area contributed by atoms with Crippen LogP contribution in [0.1, 0.15) is 71.6 Å². The van der Waals surface area contributed by atoms with Gasteiger partial charge < -0.3 is 11.1 Å². The number of hydrogen-bond donors (Lipinski definition) is 2. The van der Waals surface area contributed by atoms with E-state index in [0.717, 1.165) is 23.3 Å². The number of rotatable bonds is 3. The first-order valence-corrected chi connectivity index (χ1v) is 11.3. The molecule has 5 atom stereocenters. The Kier molecular flexibility index (Phi) is 3.23. The maximum Gasteiger partial charge on any atom is 0.0576 e. The Morgan fingerprint density at radius 3 is 2.44 bits per heavy atom. The van der Waals surface area contributed by atoms with Crippen molar-refractivity contribution in [3.8, 4) is 0 Å². The Hall–Kier alpha value is -1.22. The van der Waals surface area contributed by atoms with E-state index < -0.39 is 0 Å². The van der Waals surface area contributed by atoms with Crippen LogP contribution in [0.25, 0.3) is 0 Å². The average molecular weight is 366 g/mol. The summed E-state index contributed by atoms with van der Waals surface area (Å²) in [6, 6.07) is 10.4. The van der Waals surface area contributed by atoms with Gasteiger partial charge in [-0.2, -0.15) is 0 Å². The van der Waals surface area contributed by atoms with Crippen LogP contribution in [0.5, 0.6) is 0 Å². The van der Waals surface area contributed by atoms with Crippen LogP contribution in [0.2, 0.25) is 0 Å². The van der Waals surface area contributed by atoms with Gasteiger partial charge in [-0.15, -0.1) is 0 Å². The monoisotopic (exact) mass is 365 g/mol. The highest BCUT2D eigenvalue weighted by Gasteiger charge is 2.65. The van der Waals surface area contributed by atoms with Gasteiger partial charge >= 0.3 is 0 Å². The highest BCUT2D eigenvalue weighted by Crippen LogP contribution is 2.69. The van der Waals surface area contributed by atoms with Crippen LogP contribution in [0, 0.1) is 16.7 Å². The number of hydrogen-bond acceptors (Lipinski definition) is 3. The topological polar surface area (TPSA) is 41.3 Å². The highest BCUT2D eigenvalue weighted by atomic mass is 15.3. The van der Waals surface area contributed by atoms with Gasteiger partial charge in [0, 0.05) is 23.7 Å². The second-order valence-corrected chi connectivity index (χ2v) is 11.6. The Balaban J connectivity index is 1.31. The van der Waals surface area contributed by atoms with Crippen LogP contribution in [-0.2, 0) is 0 Å². The molecule has 0 amide bonds. The van der Waals surface area contributed by atoms with E-state index in [1.54, 1.807) is 0 Å². The normalized spacial score (nSPS) is 50.4. The molecule has 2 heterocycles. The molecular weight excluding hydrogens is 330 g/mol. The van der Waals surface area contributed by atoms with Gasteiger partial charge in [0.05, 0.1) is 11.4 Å². The molecule has 1 aromatic rings. The Morgan fingerprint density at radius 1 is 1.00 bits per heavy atom. The molecule has 3 nitrogen and oxygen atoms in total. The Labute approximate surface area is 164 Å². The molecule has 6 aliphatic rings. The van der Waals surface area contributed by atoms with Gasteiger partial charge in [0.2, 0.25) is 0 Å². The number of anilines is 2. The second-order valence-electron chi connectivity index (χ2n) is 11.6. The molecule has 3 heteroatoms. The fourth-order valence-electron chi connectivity index (χ4n) is 9.39. The number of para-hydroxylation sites is 2. The summed E-state index contributed by atoms with van der Waals surface area (Å²) < 4.78 is 0. The molecule has 3 N–H and O–H groups in total. The second kappa shape index (κ2) is 5.23. The van der Waals surface area contributed by atoms with Gasteiger partial charge in [-0.1, -0.05) is 26.0 Å². The van der Waals surface area contributed by atoms with Gasteiger partial charge in [0.15, 0.2) is 0 Å². The number of benzene rings is 1. The number of nitrogens with zero attached hydrogens (tertiary/aromatic N) is 1. The van der Waals surface area contributed by atoms with Crippen LogP contribution in [0.3, 0.4) is 0 Å². The maximum atomic E-state index is 6.24. The summed E-state index contributed by atoms with van der Waals surface area (Å²) in [5, 5.41) is 3.85. The lowest BCUT2D eigenvalue weighted by molar-refractivity contribution is -0.166. The van der Waals surface area contributed by atoms with E-state index >= 15 is 0 Å². The predicted molar refractivity (Wildman–Crippen MR) is 112 cm³/mol. The molecule has 4 aliphatic carbocycles. The first-order valence-electron chi connectivity index (χ1n) is 11.3. The van der Waals surface area contributed by atoms with Crippen LogP contribution >= 0.6 is 0 Å². The highest BCUT2D eigenvalue weighted by molar-refractivity contribution is 5.66. The zero-order valence-electron chi connectivity index (χ0n) is 17.0. The van der Waals surface area contributed by atoms with Gasteiger partial charge in [0.1, 0.15) is 0 Å². The zero-order chi connectivity index (χ0) is 18.4. The molecule has 6 fully saturated rings. The van der Waals surface area contributed by atoms with E-state index in [1.165, 1.54) is 57.8 Å². The fourth-order valence-corrected chi connectivity index (χ4v) is 9.39. The van der Waals surface area contributed by atoms with E-state index in [2.05, 4.69) is 36.2 Å². The number of nitrogens with one attached hydrogen (secondary N) is 1. The van der Waals surface area contributed by atoms with Crippen molar-refractivity contribution >= 4 is 11.4 Å². The minimum Gasteiger partial charge on any atom is -0.397 e. The van der Waals surface area contributed by atoms with Crippen molar-refractivity contribution in [3.05, 3.63) is 24.3 Å². The van der Waals surface area contributed by atoms with Crippen molar-refractivity contribution < 1.29 is 0 Å². The van der Waals surface area contributed by atoms with E-state index in [-0.39, 0.29) is 0 Å². The van der Waals surface area contributed by atoms with E-state index in [1.807, 2.05) is 12.1 Å². The number of nitrogens with two attached hydrogens (primary N) is 1. The molecule has 6 bridgehead atoms. The van der Waals surface area contributed by atoms with Crippen molar-refractivity contribution in [1.29, 1.82) is 0 Å². The van der Waals surface area contributed by atoms with Crippen molar-refractivity contribution in [2.45, 2.75) is 95.3 Å².